The Bertz CT molecular complexity index is 400. The van der Waals surface area contributed by atoms with E-state index in [1.54, 1.807) is 0 Å². The molecule has 1 aliphatic rings. The summed E-state index contributed by atoms with van der Waals surface area (Å²) in [4.78, 5) is 0. The first-order valence-corrected chi connectivity index (χ1v) is 7.65. The molecule has 1 fully saturated rings. The van der Waals surface area contributed by atoms with Crippen molar-refractivity contribution in [3.8, 4) is 5.75 Å². The van der Waals surface area contributed by atoms with Crippen LogP contribution in [0, 0.1) is 12.8 Å². The van der Waals surface area contributed by atoms with E-state index in [0.717, 1.165) is 23.8 Å². The smallest absolute Gasteiger partial charge is 0.137 e. The van der Waals surface area contributed by atoms with Crippen molar-refractivity contribution >= 4 is 11.6 Å². The standard InChI is InChI=1S/C16H24ClNO/c1-12-3-6-14(7-4-12)18-9-10-19-16-8-5-13(2)11-15(16)17/h5,8,11-12,14,18H,3-4,6-7,9-10H2,1-2H3. The number of halogens is 1. The Morgan fingerprint density at radius 1 is 1.26 bits per heavy atom. The van der Waals surface area contributed by atoms with Gasteiger partial charge in [-0.25, -0.2) is 0 Å². The Hall–Kier alpha value is -0.730. The number of benzene rings is 1. The van der Waals surface area contributed by atoms with Crippen LogP contribution >= 0.6 is 11.6 Å². The van der Waals surface area contributed by atoms with Gasteiger partial charge >= 0.3 is 0 Å². The molecule has 0 amide bonds. The molecule has 0 unspecified atom stereocenters. The Morgan fingerprint density at radius 2 is 2.00 bits per heavy atom. The molecule has 0 heterocycles. The van der Waals surface area contributed by atoms with E-state index in [1.165, 1.54) is 25.7 Å². The van der Waals surface area contributed by atoms with Crippen LogP contribution in [0.1, 0.15) is 38.2 Å². The normalized spacial score (nSPS) is 23.3. The summed E-state index contributed by atoms with van der Waals surface area (Å²) in [6.45, 7) is 5.94. The summed E-state index contributed by atoms with van der Waals surface area (Å²) >= 11 is 6.13. The molecule has 2 rings (SSSR count). The van der Waals surface area contributed by atoms with Crippen molar-refractivity contribution < 1.29 is 4.74 Å². The molecule has 3 heteroatoms. The van der Waals surface area contributed by atoms with Crippen molar-refractivity contribution in [2.24, 2.45) is 5.92 Å². The number of ether oxygens (including phenoxy) is 1. The number of hydrogen-bond donors (Lipinski definition) is 1. The van der Waals surface area contributed by atoms with Gasteiger partial charge in [0, 0.05) is 12.6 Å². The molecule has 0 radical (unpaired) electrons. The molecule has 19 heavy (non-hydrogen) atoms. The molecule has 106 valence electrons. The molecule has 0 spiro atoms. The van der Waals surface area contributed by atoms with Gasteiger partial charge in [-0.1, -0.05) is 24.6 Å². The number of rotatable bonds is 5. The zero-order valence-electron chi connectivity index (χ0n) is 11.9. The molecule has 0 atom stereocenters. The predicted octanol–water partition coefficient (Wildman–Crippen LogP) is 4.20. The maximum Gasteiger partial charge on any atom is 0.137 e. The fourth-order valence-corrected chi connectivity index (χ4v) is 2.90. The number of hydrogen-bond acceptors (Lipinski definition) is 2. The van der Waals surface area contributed by atoms with Crippen LogP contribution in [0.4, 0.5) is 0 Å². The minimum absolute atomic E-state index is 0.674. The summed E-state index contributed by atoms with van der Waals surface area (Å²) in [5.41, 5.74) is 1.16. The van der Waals surface area contributed by atoms with Gasteiger partial charge in [0.15, 0.2) is 0 Å². The first-order valence-electron chi connectivity index (χ1n) is 7.27. The Morgan fingerprint density at radius 3 is 2.68 bits per heavy atom. The highest BCUT2D eigenvalue weighted by atomic mass is 35.5. The van der Waals surface area contributed by atoms with Crippen molar-refractivity contribution in [1.82, 2.24) is 5.32 Å². The highest BCUT2D eigenvalue weighted by Gasteiger charge is 2.17. The van der Waals surface area contributed by atoms with Crippen LogP contribution in [0.5, 0.6) is 5.75 Å². The fraction of sp³-hybridized carbons (Fsp3) is 0.625. The van der Waals surface area contributed by atoms with E-state index in [4.69, 9.17) is 16.3 Å². The lowest BCUT2D eigenvalue weighted by Crippen LogP contribution is -2.35. The Labute approximate surface area is 121 Å². The molecule has 0 saturated heterocycles. The van der Waals surface area contributed by atoms with Gasteiger partial charge in [-0.3, -0.25) is 0 Å². The molecular weight excluding hydrogens is 258 g/mol. The third-order valence-corrected chi connectivity index (χ3v) is 4.19. The summed E-state index contributed by atoms with van der Waals surface area (Å²) in [5, 5.41) is 4.28. The summed E-state index contributed by atoms with van der Waals surface area (Å²) < 4.78 is 5.71. The van der Waals surface area contributed by atoms with E-state index < -0.39 is 0 Å². The van der Waals surface area contributed by atoms with Crippen molar-refractivity contribution in [2.45, 2.75) is 45.6 Å². The lowest BCUT2D eigenvalue weighted by molar-refractivity contribution is 0.270. The molecule has 1 N–H and O–H groups in total. The Kier molecular flexibility index (Phi) is 5.53. The van der Waals surface area contributed by atoms with Crippen LogP contribution in [0.15, 0.2) is 18.2 Å². The maximum absolute atomic E-state index is 6.13. The molecular formula is C16H24ClNO. The monoisotopic (exact) mass is 281 g/mol. The SMILES string of the molecule is Cc1ccc(OCCNC2CCC(C)CC2)c(Cl)c1. The second kappa shape index (κ2) is 7.16. The quantitative estimate of drug-likeness (QED) is 0.817. The van der Waals surface area contributed by atoms with E-state index >= 15 is 0 Å². The maximum atomic E-state index is 6.13. The first kappa shape index (κ1) is 14.7. The summed E-state index contributed by atoms with van der Waals surface area (Å²) in [6, 6.07) is 6.58. The van der Waals surface area contributed by atoms with Gasteiger partial charge in [0.05, 0.1) is 5.02 Å². The molecule has 1 saturated carbocycles. The van der Waals surface area contributed by atoms with E-state index in [1.807, 2.05) is 25.1 Å². The molecule has 1 aromatic carbocycles. The summed E-state index contributed by atoms with van der Waals surface area (Å²) in [7, 11) is 0. The van der Waals surface area contributed by atoms with Crippen LogP contribution < -0.4 is 10.1 Å². The molecule has 0 aliphatic heterocycles. The zero-order valence-corrected chi connectivity index (χ0v) is 12.7. The van der Waals surface area contributed by atoms with Gasteiger partial charge in [-0.05, 0) is 56.2 Å². The predicted molar refractivity (Wildman–Crippen MR) is 81.1 cm³/mol. The highest BCUT2D eigenvalue weighted by Crippen LogP contribution is 2.25. The Balaban J connectivity index is 1.66. The number of aryl methyl sites for hydroxylation is 1. The minimum atomic E-state index is 0.674. The third kappa shape index (κ3) is 4.70. The van der Waals surface area contributed by atoms with Crippen molar-refractivity contribution in [3.05, 3.63) is 28.8 Å². The molecule has 0 bridgehead atoms. The molecule has 2 nitrogen and oxygen atoms in total. The largest absolute Gasteiger partial charge is 0.491 e. The fourth-order valence-electron chi connectivity index (χ4n) is 2.61. The van der Waals surface area contributed by atoms with Gasteiger partial charge in [-0.2, -0.15) is 0 Å². The van der Waals surface area contributed by atoms with Crippen LogP contribution in [0.25, 0.3) is 0 Å². The van der Waals surface area contributed by atoms with Crippen molar-refractivity contribution in [3.63, 3.8) is 0 Å². The lowest BCUT2D eigenvalue weighted by Gasteiger charge is -2.27. The van der Waals surface area contributed by atoms with Crippen LogP contribution in [-0.2, 0) is 0 Å². The molecule has 1 aliphatic carbocycles. The van der Waals surface area contributed by atoms with Gasteiger partial charge in [0.1, 0.15) is 12.4 Å². The summed E-state index contributed by atoms with van der Waals surface area (Å²) in [6.07, 6.45) is 5.30. The number of nitrogens with one attached hydrogen (secondary N) is 1. The van der Waals surface area contributed by atoms with Gasteiger partial charge < -0.3 is 10.1 Å². The van der Waals surface area contributed by atoms with Crippen LogP contribution in [0.3, 0.4) is 0 Å². The third-order valence-electron chi connectivity index (χ3n) is 3.90. The average molecular weight is 282 g/mol. The molecule has 0 aromatic heterocycles. The van der Waals surface area contributed by atoms with E-state index in [9.17, 15) is 0 Å². The molecule has 1 aromatic rings. The van der Waals surface area contributed by atoms with E-state index in [2.05, 4.69) is 12.2 Å². The van der Waals surface area contributed by atoms with E-state index in [0.29, 0.717) is 17.7 Å². The first-order chi connectivity index (χ1) is 9.15. The minimum Gasteiger partial charge on any atom is -0.491 e. The highest BCUT2D eigenvalue weighted by molar-refractivity contribution is 6.32. The van der Waals surface area contributed by atoms with E-state index in [-0.39, 0.29) is 0 Å². The van der Waals surface area contributed by atoms with Gasteiger partial charge in [0.25, 0.3) is 0 Å². The van der Waals surface area contributed by atoms with Crippen molar-refractivity contribution in [1.29, 1.82) is 0 Å². The zero-order chi connectivity index (χ0) is 13.7. The van der Waals surface area contributed by atoms with Crippen LogP contribution in [-0.4, -0.2) is 19.2 Å². The van der Waals surface area contributed by atoms with Gasteiger partial charge in [-0.15, -0.1) is 0 Å². The second-order valence-corrected chi connectivity index (χ2v) is 6.10. The average Bonchev–Trinajstić information content (AvgIpc) is 2.39. The second-order valence-electron chi connectivity index (χ2n) is 5.69. The summed E-state index contributed by atoms with van der Waals surface area (Å²) in [5.74, 6) is 1.69. The topological polar surface area (TPSA) is 21.3 Å². The van der Waals surface area contributed by atoms with Crippen molar-refractivity contribution in [2.75, 3.05) is 13.2 Å². The van der Waals surface area contributed by atoms with Crippen LogP contribution in [0.2, 0.25) is 5.02 Å². The lowest BCUT2D eigenvalue weighted by atomic mass is 9.87. The van der Waals surface area contributed by atoms with Gasteiger partial charge in [0.2, 0.25) is 0 Å².